The Balaban J connectivity index is 1.57. The molecule has 0 radical (unpaired) electrons. The van der Waals surface area contributed by atoms with Crippen molar-refractivity contribution in [2.45, 2.75) is 12.6 Å². The van der Waals surface area contributed by atoms with Crippen molar-refractivity contribution in [3.05, 3.63) is 53.3 Å². The molecule has 1 aliphatic heterocycles. The highest BCUT2D eigenvalue weighted by atomic mass is 35.5. The number of rotatable bonds is 5. The van der Waals surface area contributed by atoms with Gasteiger partial charge in [0.1, 0.15) is 17.6 Å². The Morgan fingerprint density at radius 2 is 2.08 bits per heavy atom. The van der Waals surface area contributed by atoms with Crippen LogP contribution in [0.25, 0.3) is 0 Å². The fraction of sp³-hybridized carbons (Fsp3) is 0.333. The summed E-state index contributed by atoms with van der Waals surface area (Å²) in [5.41, 5.74) is 0.918. The number of amides is 1. The van der Waals surface area contributed by atoms with E-state index in [9.17, 15) is 4.79 Å². The lowest BCUT2D eigenvalue weighted by Crippen LogP contribution is -2.48. The van der Waals surface area contributed by atoms with Crippen molar-refractivity contribution < 1.29 is 14.3 Å². The summed E-state index contributed by atoms with van der Waals surface area (Å²) in [5.74, 6) is 1.28. The number of carbonyl (C=O) groups excluding carboxylic acids is 1. The molecule has 132 valence electrons. The Bertz CT molecular complexity index is 707. The number of hydrogen-bond donors (Lipinski definition) is 1. The number of nitrogens with one attached hydrogen (secondary N) is 1. The van der Waals surface area contributed by atoms with E-state index in [1.165, 1.54) is 0 Å². The maximum absolute atomic E-state index is 11.7. The van der Waals surface area contributed by atoms with E-state index < -0.39 is 6.10 Å². The van der Waals surface area contributed by atoms with E-state index in [0.717, 1.165) is 12.2 Å². The first-order chi connectivity index (χ1) is 12.1. The molecule has 1 fully saturated rings. The molecular formula is C18H20ClN3O3. The van der Waals surface area contributed by atoms with Crippen LogP contribution in [0.2, 0.25) is 5.02 Å². The summed E-state index contributed by atoms with van der Waals surface area (Å²) in [6, 6.07) is 11.0. The van der Waals surface area contributed by atoms with E-state index in [2.05, 4.69) is 15.2 Å². The SMILES string of the molecule is CNC(=O)[C@@H]1CN(Cc2ccc(Oc3ccc(Cl)cc3)cn2)CCO1. The highest BCUT2D eigenvalue weighted by molar-refractivity contribution is 6.30. The molecule has 1 aliphatic rings. The summed E-state index contributed by atoms with van der Waals surface area (Å²) in [5, 5.41) is 3.29. The molecule has 0 bridgehead atoms. The number of likely N-dealkylation sites (N-methyl/N-ethyl adjacent to an activating group) is 1. The molecule has 1 amide bonds. The van der Waals surface area contributed by atoms with E-state index in [4.69, 9.17) is 21.1 Å². The molecule has 6 nitrogen and oxygen atoms in total. The van der Waals surface area contributed by atoms with Crippen LogP contribution >= 0.6 is 11.6 Å². The summed E-state index contributed by atoms with van der Waals surface area (Å²) in [6.07, 6.45) is 1.27. The van der Waals surface area contributed by atoms with Crippen molar-refractivity contribution in [2.24, 2.45) is 0 Å². The van der Waals surface area contributed by atoms with Crippen LogP contribution in [0.4, 0.5) is 0 Å². The lowest BCUT2D eigenvalue weighted by Gasteiger charge is -2.31. The Morgan fingerprint density at radius 3 is 2.76 bits per heavy atom. The number of morpholine rings is 1. The summed E-state index contributed by atoms with van der Waals surface area (Å²) >= 11 is 5.86. The average Bonchev–Trinajstić information content (AvgIpc) is 2.65. The molecule has 1 saturated heterocycles. The van der Waals surface area contributed by atoms with E-state index in [1.807, 2.05) is 24.3 Å². The number of pyridine rings is 1. The first kappa shape index (κ1) is 17.7. The molecule has 1 atom stereocenters. The molecule has 0 spiro atoms. The van der Waals surface area contributed by atoms with Gasteiger partial charge in [-0.25, -0.2) is 0 Å². The van der Waals surface area contributed by atoms with Gasteiger partial charge >= 0.3 is 0 Å². The summed E-state index contributed by atoms with van der Waals surface area (Å²) in [4.78, 5) is 18.3. The van der Waals surface area contributed by atoms with Gasteiger partial charge in [0.2, 0.25) is 5.91 Å². The molecule has 25 heavy (non-hydrogen) atoms. The van der Waals surface area contributed by atoms with Crippen molar-refractivity contribution in [1.82, 2.24) is 15.2 Å². The monoisotopic (exact) mass is 361 g/mol. The Kier molecular flexibility index (Phi) is 5.86. The van der Waals surface area contributed by atoms with Gasteiger partial charge in [-0.15, -0.1) is 0 Å². The van der Waals surface area contributed by atoms with Gasteiger partial charge in [-0.1, -0.05) is 11.6 Å². The number of aromatic nitrogens is 1. The molecule has 2 heterocycles. The van der Waals surface area contributed by atoms with Gasteiger partial charge in [0, 0.05) is 31.7 Å². The minimum absolute atomic E-state index is 0.0932. The topological polar surface area (TPSA) is 63.7 Å². The second-order valence-electron chi connectivity index (χ2n) is 5.75. The maximum Gasteiger partial charge on any atom is 0.250 e. The Morgan fingerprint density at radius 1 is 1.32 bits per heavy atom. The number of ether oxygens (including phenoxy) is 2. The lowest BCUT2D eigenvalue weighted by molar-refractivity contribution is -0.138. The highest BCUT2D eigenvalue weighted by Crippen LogP contribution is 2.22. The molecule has 0 saturated carbocycles. The Hall–Kier alpha value is -2.15. The second-order valence-corrected chi connectivity index (χ2v) is 6.19. The lowest BCUT2D eigenvalue weighted by atomic mass is 10.2. The summed E-state index contributed by atoms with van der Waals surface area (Å²) in [6.45, 7) is 2.54. The zero-order chi connectivity index (χ0) is 17.6. The van der Waals surface area contributed by atoms with Crippen molar-refractivity contribution in [3.8, 4) is 11.5 Å². The van der Waals surface area contributed by atoms with Crippen LogP contribution in [0, 0.1) is 0 Å². The third-order valence-corrected chi connectivity index (χ3v) is 4.17. The van der Waals surface area contributed by atoms with Crippen LogP contribution in [0.1, 0.15) is 5.69 Å². The van der Waals surface area contributed by atoms with Gasteiger partial charge in [0.15, 0.2) is 0 Å². The molecule has 1 aromatic heterocycles. The third-order valence-electron chi connectivity index (χ3n) is 3.92. The molecule has 1 N–H and O–H groups in total. The molecule has 7 heteroatoms. The van der Waals surface area contributed by atoms with E-state index in [-0.39, 0.29) is 5.91 Å². The maximum atomic E-state index is 11.7. The molecular weight excluding hydrogens is 342 g/mol. The minimum atomic E-state index is -0.425. The summed E-state index contributed by atoms with van der Waals surface area (Å²) in [7, 11) is 1.62. The van der Waals surface area contributed by atoms with Crippen LogP contribution in [-0.4, -0.2) is 48.6 Å². The fourth-order valence-electron chi connectivity index (χ4n) is 2.60. The zero-order valence-electron chi connectivity index (χ0n) is 13.9. The Labute approximate surface area is 151 Å². The number of halogens is 1. The van der Waals surface area contributed by atoms with Crippen LogP contribution in [-0.2, 0) is 16.1 Å². The molecule has 0 aliphatic carbocycles. The van der Waals surface area contributed by atoms with E-state index >= 15 is 0 Å². The first-order valence-corrected chi connectivity index (χ1v) is 8.46. The second kappa shape index (κ2) is 8.29. The van der Waals surface area contributed by atoms with Crippen molar-refractivity contribution in [2.75, 3.05) is 26.7 Å². The molecule has 0 unspecified atom stereocenters. The minimum Gasteiger partial charge on any atom is -0.456 e. The summed E-state index contributed by atoms with van der Waals surface area (Å²) < 4.78 is 11.2. The quantitative estimate of drug-likeness (QED) is 0.886. The van der Waals surface area contributed by atoms with Gasteiger partial charge < -0.3 is 14.8 Å². The van der Waals surface area contributed by atoms with Gasteiger partial charge in [-0.05, 0) is 36.4 Å². The number of benzene rings is 1. The van der Waals surface area contributed by atoms with Crippen LogP contribution in [0.3, 0.4) is 0 Å². The van der Waals surface area contributed by atoms with Crippen molar-refractivity contribution >= 4 is 17.5 Å². The predicted octanol–water partition coefficient (Wildman–Crippen LogP) is 2.47. The third kappa shape index (κ3) is 4.92. The molecule has 2 aromatic rings. The van der Waals surface area contributed by atoms with Crippen LogP contribution in [0.15, 0.2) is 42.6 Å². The zero-order valence-corrected chi connectivity index (χ0v) is 14.7. The number of nitrogens with zero attached hydrogens (tertiary/aromatic N) is 2. The molecule has 1 aromatic carbocycles. The van der Waals surface area contributed by atoms with Gasteiger partial charge in [0.05, 0.1) is 18.5 Å². The van der Waals surface area contributed by atoms with Crippen LogP contribution < -0.4 is 10.1 Å². The first-order valence-electron chi connectivity index (χ1n) is 8.08. The van der Waals surface area contributed by atoms with Gasteiger partial charge in [-0.3, -0.25) is 14.7 Å². The van der Waals surface area contributed by atoms with Crippen LogP contribution in [0.5, 0.6) is 11.5 Å². The standard InChI is InChI=1S/C18H20ClN3O3/c1-20-18(23)17-12-22(8-9-24-17)11-14-4-7-16(10-21-14)25-15-5-2-13(19)3-6-15/h2-7,10,17H,8-9,11-12H2,1H3,(H,20,23)/t17-/m0/s1. The average molecular weight is 362 g/mol. The number of carbonyl (C=O) groups is 1. The molecule has 3 rings (SSSR count). The van der Waals surface area contributed by atoms with Gasteiger partial charge in [-0.2, -0.15) is 0 Å². The van der Waals surface area contributed by atoms with E-state index in [1.54, 1.807) is 25.4 Å². The number of hydrogen-bond acceptors (Lipinski definition) is 5. The van der Waals surface area contributed by atoms with Gasteiger partial charge in [0.25, 0.3) is 0 Å². The van der Waals surface area contributed by atoms with Crippen molar-refractivity contribution in [1.29, 1.82) is 0 Å². The van der Waals surface area contributed by atoms with E-state index in [0.29, 0.717) is 36.2 Å². The predicted molar refractivity (Wildman–Crippen MR) is 94.8 cm³/mol. The van der Waals surface area contributed by atoms with Crippen molar-refractivity contribution in [3.63, 3.8) is 0 Å². The fourth-order valence-corrected chi connectivity index (χ4v) is 2.72. The normalized spacial score (nSPS) is 17.9. The largest absolute Gasteiger partial charge is 0.456 e. The smallest absolute Gasteiger partial charge is 0.250 e. The highest BCUT2D eigenvalue weighted by Gasteiger charge is 2.25.